The first-order valence-electron chi connectivity index (χ1n) is 8.54. The molecule has 0 spiro atoms. The Labute approximate surface area is 131 Å². The third-order valence-electron chi connectivity index (χ3n) is 4.35. The lowest BCUT2D eigenvalue weighted by Crippen LogP contribution is -2.48. The van der Waals surface area contributed by atoms with Crippen LogP contribution in [0, 0.1) is 11.8 Å². The number of nitrogens with one attached hydrogen (secondary N) is 3. The monoisotopic (exact) mass is 296 g/mol. The molecule has 0 bridgehead atoms. The average Bonchev–Trinajstić information content (AvgIpc) is 2.41. The number of nitrogens with zero attached hydrogens (tertiary/aromatic N) is 1. The Bertz CT molecular complexity index is 309. The van der Waals surface area contributed by atoms with Crippen LogP contribution in [0.5, 0.6) is 0 Å². The molecule has 0 aliphatic heterocycles. The Hall–Kier alpha value is -0.770. The summed E-state index contributed by atoms with van der Waals surface area (Å²) in [4.78, 5) is 4.34. The van der Waals surface area contributed by atoms with Crippen LogP contribution in [0.25, 0.3) is 0 Å². The summed E-state index contributed by atoms with van der Waals surface area (Å²) in [5, 5.41) is 10.5. The zero-order valence-electron chi connectivity index (χ0n) is 14.9. The second-order valence-electron chi connectivity index (χ2n) is 7.68. The molecule has 124 valence electrons. The maximum atomic E-state index is 4.34. The van der Waals surface area contributed by atoms with Gasteiger partial charge in [-0.2, -0.15) is 0 Å². The minimum atomic E-state index is 0.174. The molecule has 1 aliphatic rings. The third kappa shape index (κ3) is 7.70. The van der Waals surface area contributed by atoms with Crippen molar-refractivity contribution in [2.24, 2.45) is 16.8 Å². The van der Waals surface area contributed by atoms with Crippen LogP contribution in [0.15, 0.2) is 4.99 Å². The van der Waals surface area contributed by atoms with Gasteiger partial charge in [-0.3, -0.25) is 4.99 Å². The number of guanidine groups is 1. The van der Waals surface area contributed by atoms with Crippen LogP contribution in [-0.4, -0.2) is 37.7 Å². The fraction of sp³-hybridized carbons (Fsp3) is 0.941. The molecule has 0 aromatic carbocycles. The van der Waals surface area contributed by atoms with Gasteiger partial charge >= 0.3 is 0 Å². The van der Waals surface area contributed by atoms with E-state index in [2.05, 4.69) is 55.6 Å². The highest BCUT2D eigenvalue weighted by molar-refractivity contribution is 5.79. The minimum Gasteiger partial charge on any atom is -0.355 e. The van der Waals surface area contributed by atoms with Gasteiger partial charge in [-0.1, -0.05) is 13.8 Å². The first kappa shape index (κ1) is 18.3. The number of aliphatic imine (C=N–C) groups is 1. The molecule has 1 fully saturated rings. The van der Waals surface area contributed by atoms with Crippen LogP contribution in [-0.2, 0) is 0 Å². The van der Waals surface area contributed by atoms with Gasteiger partial charge in [0.25, 0.3) is 0 Å². The smallest absolute Gasteiger partial charge is 0.191 e. The molecular formula is C17H36N4. The molecule has 3 N–H and O–H groups in total. The van der Waals surface area contributed by atoms with Crippen LogP contribution in [0.3, 0.4) is 0 Å². The van der Waals surface area contributed by atoms with Gasteiger partial charge in [0.15, 0.2) is 5.96 Å². The van der Waals surface area contributed by atoms with Crippen LogP contribution < -0.4 is 16.0 Å². The van der Waals surface area contributed by atoms with Crippen molar-refractivity contribution < 1.29 is 0 Å². The van der Waals surface area contributed by atoms with Crippen molar-refractivity contribution in [2.45, 2.75) is 71.9 Å². The van der Waals surface area contributed by atoms with E-state index in [9.17, 15) is 0 Å². The van der Waals surface area contributed by atoms with Crippen molar-refractivity contribution in [2.75, 3.05) is 20.1 Å². The summed E-state index contributed by atoms with van der Waals surface area (Å²) in [7, 11) is 1.85. The molecule has 4 heteroatoms. The second kappa shape index (κ2) is 8.62. The lowest BCUT2D eigenvalue weighted by Gasteiger charge is -2.32. The zero-order valence-corrected chi connectivity index (χ0v) is 14.9. The van der Waals surface area contributed by atoms with Gasteiger partial charge in [0, 0.05) is 31.7 Å². The van der Waals surface area contributed by atoms with E-state index in [0.717, 1.165) is 30.9 Å². The summed E-state index contributed by atoms with van der Waals surface area (Å²) >= 11 is 0. The van der Waals surface area contributed by atoms with E-state index in [-0.39, 0.29) is 5.54 Å². The Balaban J connectivity index is 2.23. The molecular weight excluding hydrogens is 260 g/mol. The van der Waals surface area contributed by atoms with Crippen LogP contribution >= 0.6 is 0 Å². The highest BCUT2D eigenvalue weighted by Gasteiger charge is 2.23. The Morgan fingerprint density at radius 3 is 2.19 bits per heavy atom. The quantitative estimate of drug-likeness (QED) is 0.415. The van der Waals surface area contributed by atoms with E-state index in [1.807, 2.05) is 7.05 Å². The van der Waals surface area contributed by atoms with Crippen molar-refractivity contribution in [1.82, 2.24) is 16.0 Å². The van der Waals surface area contributed by atoms with Crippen molar-refractivity contribution in [1.29, 1.82) is 0 Å². The maximum absolute atomic E-state index is 4.34. The molecule has 21 heavy (non-hydrogen) atoms. The van der Waals surface area contributed by atoms with Gasteiger partial charge in [-0.05, 0) is 58.3 Å². The molecule has 0 radical (unpaired) electrons. The normalized spacial score (nSPS) is 24.2. The van der Waals surface area contributed by atoms with Crippen LogP contribution in [0.1, 0.15) is 60.3 Å². The summed E-state index contributed by atoms with van der Waals surface area (Å²) in [6, 6.07) is 0.585. The van der Waals surface area contributed by atoms with Crippen molar-refractivity contribution >= 4 is 5.96 Å². The molecule has 1 rings (SSSR count). The Morgan fingerprint density at radius 1 is 1.10 bits per heavy atom. The minimum absolute atomic E-state index is 0.174. The first-order valence-corrected chi connectivity index (χ1v) is 8.54. The zero-order chi connectivity index (χ0) is 15.9. The van der Waals surface area contributed by atoms with E-state index in [1.54, 1.807) is 0 Å². The molecule has 4 nitrogen and oxygen atoms in total. The molecule has 1 saturated carbocycles. The molecule has 1 aliphatic carbocycles. The summed E-state index contributed by atoms with van der Waals surface area (Å²) in [5.74, 6) is 2.68. The van der Waals surface area contributed by atoms with Gasteiger partial charge in [-0.15, -0.1) is 0 Å². The number of hydrogen-bond donors (Lipinski definition) is 3. The maximum Gasteiger partial charge on any atom is 0.191 e. The van der Waals surface area contributed by atoms with Gasteiger partial charge in [-0.25, -0.2) is 0 Å². The first-order chi connectivity index (χ1) is 9.81. The molecule has 0 aromatic rings. The second-order valence-corrected chi connectivity index (χ2v) is 7.68. The largest absolute Gasteiger partial charge is 0.355 e. The topological polar surface area (TPSA) is 48.5 Å². The van der Waals surface area contributed by atoms with E-state index in [4.69, 9.17) is 0 Å². The van der Waals surface area contributed by atoms with Crippen molar-refractivity contribution in [3.05, 3.63) is 0 Å². The fourth-order valence-corrected chi connectivity index (χ4v) is 2.94. The van der Waals surface area contributed by atoms with Crippen molar-refractivity contribution in [3.63, 3.8) is 0 Å². The Morgan fingerprint density at radius 2 is 1.71 bits per heavy atom. The highest BCUT2D eigenvalue weighted by Crippen LogP contribution is 2.29. The SMILES string of the molecule is CN=C(NCCNC(C)(C)C)NC1CCC(C(C)C)CC1. The van der Waals surface area contributed by atoms with E-state index >= 15 is 0 Å². The summed E-state index contributed by atoms with van der Waals surface area (Å²) in [5.41, 5.74) is 0.174. The van der Waals surface area contributed by atoms with Crippen molar-refractivity contribution in [3.8, 4) is 0 Å². The number of hydrogen-bond acceptors (Lipinski definition) is 2. The molecule has 0 atom stereocenters. The van der Waals surface area contributed by atoms with Gasteiger partial charge in [0.1, 0.15) is 0 Å². The molecule has 0 amide bonds. The van der Waals surface area contributed by atoms with Gasteiger partial charge in [0.05, 0.1) is 0 Å². The van der Waals surface area contributed by atoms with Gasteiger partial charge in [0.2, 0.25) is 0 Å². The third-order valence-corrected chi connectivity index (χ3v) is 4.35. The standard InChI is InChI=1S/C17H36N4/c1-13(2)14-7-9-15(10-8-14)21-16(18-6)19-11-12-20-17(3,4)5/h13-15,20H,7-12H2,1-6H3,(H2,18,19,21). The van der Waals surface area contributed by atoms with Gasteiger partial charge < -0.3 is 16.0 Å². The summed E-state index contributed by atoms with van der Waals surface area (Å²) in [6.07, 6.45) is 5.23. The lowest BCUT2D eigenvalue weighted by atomic mass is 9.80. The van der Waals surface area contributed by atoms with E-state index in [0.29, 0.717) is 6.04 Å². The molecule has 0 heterocycles. The number of rotatable bonds is 5. The average molecular weight is 297 g/mol. The lowest BCUT2D eigenvalue weighted by molar-refractivity contribution is 0.250. The van der Waals surface area contributed by atoms with E-state index in [1.165, 1.54) is 25.7 Å². The molecule has 0 saturated heterocycles. The summed E-state index contributed by atoms with van der Waals surface area (Å²) in [6.45, 7) is 13.1. The predicted molar refractivity (Wildman–Crippen MR) is 92.8 cm³/mol. The highest BCUT2D eigenvalue weighted by atomic mass is 15.2. The predicted octanol–water partition coefficient (Wildman–Crippen LogP) is 2.75. The summed E-state index contributed by atoms with van der Waals surface area (Å²) < 4.78 is 0. The van der Waals surface area contributed by atoms with Crippen LogP contribution in [0.4, 0.5) is 0 Å². The van der Waals surface area contributed by atoms with E-state index < -0.39 is 0 Å². The fourth-order valence-electron chi connectivity index (χ4n) is 2.94. The molecule has 0 unspecified atom stereocenters. The molecule has 0 aromatic heterocycles. The van der Waals surface area contributed by atoms with Crippen LogP contribution in [0.2, 0.25) is 0 Å². The Kier molecular flexibility index (Phi) is 7.50.